The maximum atomic E-state index is 12.3. The van der Waals surface area contributed by atoms with Crippen molar-refractivity contribution in [2.45, 2.75) is 25.7 Å². The van der Waals surface area contributed by atoms with E-state index in [0.717, 1.165) is 64.3 Å². The van der Waals surface area contributed by atoms with Crippen molar-refractivity contribution in [1.29, 1.82) is 0 Å². The Kier molecular flexibility index (Phi) is 4.40. The van der Waals surface area contributed by atoms with Crippen LogP contribution in [0.5, 0.6) is 0 Å². The average Bonchev–Trinajstić information content (AvgIpc) is 2.76. The molecule has 4 nitrogen and oxygen atoms in total. The largest absolute Gasteiger partial charge is 0.342 e. The minimum Gasteiger partial charge on any atom is -0.342 e. The normalized spacial score (nSPS) is 27.6. The molecule has 0 aromatic rings. The molecule has 0 aliphatic carbocycles. The minimum atomic E-state index is 0.256. The number of hydrogen-bond acceptors (Lipinski definition) is 3. The van der Waals surface area contributed by atoms with Crippen molar-refractivity contribution in [2.24, 2.45) is 17.6 Å². The quantitative estimate of drug-likeness (QED) is 0.781. The van der Waals surface area contributed by atoms with E-state index in [2.05, 4.69) is 16.8 Å². The predicted molar refractivity (Wildman–Crippen MR) is 68.6 cm³/mol. The lowest BCUT2D eigenvalue weighted by Crippen LogP contribution is -2.42. The number of piperidine rings is 1. The van der Waals surface area contributed by atoms with Crippen molar-refractivity contribution < 1.29 is 4.79 Å². The van der Waals surface area contributed by atoms with Gasteiger partial charge >= 0.3 is 0 Å². The van der Waals surface area contributed by atoms with E-state index >= 15 is 0 Å². The molecule has 2 saturated heterocycles. The van der Waals surface area contributed by atoms with E-state index in [4.69, 9.17) is 5.73 Å². The third-order valence-electron chi connectivity index (χ3n) is 4.24. The molecule has 4 heteroatoms. The molecule has 17 heavy (non-hydrogen) atoms. The van der Waals surface area contributed by atoms with Crippen LogP contribution in [0.15, 0.2) is 0 Å². The Morgan fingerprint density at radius 3 is 2.47 bits per heavy atom. The molecule has 2 aliphatic heterocycles. The third-order valence-corrected chi connectivity index (χ3v) is 4.24. The molecule has 2 heterocycles. The van der Waals surface area contributed by atoms with Crippen molar-refractivity contribution in [2.75, 3.05) is 39.8 Å². The molecule has 2 aliphatic rings. The summed E-state index contributed by atoms with van der Waals surface area (Å²) < 4.78 is 0. The summed E-state index contributed by atoms with van der Waals surface area (Å²) in [5, 5.41) is 0. The van der Waals surface area contributed by atoms with Crippen LogP contribution in [-0.4, -0.2) is 55.5 Å². The topological polar surface area (TPSA) is 49.6 Å². The highest BCUT2D eigenvalue weighted by Gasteiger charge is 2.31. The van der Waals surface area contributed by atoms with Gasteiger partial charge in [-0.05, 0) is 51.7 Å². The summed E-state index contributed by atoms with van der Waals surface area (Å²) in [4.78, 5) is 16.6. The Morgan fingerprint density at radius 1 is 1.24 bits per heavy atom. The fourth-order valence-electron chi connectivity index (χ4n) is 3.07. The number of carbonyl (C=O) groups is 1. The van der Waals surface area contributed by atoms with Crippen LogP contribution in [0.2, 0.25) is 0 Å². The molecule has 0 aromatic heterocycles. The summed E-state index contributed by atoms with van der Waals surface area (Å²) in [5.41, 5.74) is 5.58. The van der Waals surface area contributed by atoms with Crippen molar-refractivity contribution in [3.8, 4) is 0 Å². The zero-order valence-electron chi connectivity index (χ0n) is 10.9. The standard InChI is InChI=1S/C13H25N3O/c1-15-7-5-12(10-15)13(17)16-8-3-11(2-6-14)4-9-16/h11-12H,2-10,14H2,1H3. The molecule has 2 N–H and O–H groups in total. The highest BCUT2D eigenvalue weighted by atomic mass is 16.2. The first kappa shape index (κ1) is 12.8. The van der Waals surface area contributed by atoms with Gasteiger partial charge in [0.1, 0.15) is 0 Å². The van der Waals surface area contributed by atoms with Crippen LogP contribution in [0.4, 0.5) is 0 Å². The number of nitrogens with two attached hydrogens (primary N) is 1. The summed E-state index contributed by atoms with van der Waals surface area (Å²) >= 11 is 0. The number of rotatable bonds is 3. The second-order valence-corrected chi connectivity index (χ2v) is 5.59. The molecule has 0 saturated carbocycles. The number of likely N-dealkylation sites (tertiary alicyclic amines) is 2. The van der Waals surface area contributed by atoms with Crippen molar-refractivity contribution in [3.05, 3.63) is 0 Å². The van der Waals surface area contributed by atoms with E-state index in [1.54, 1.807) is 0 Å². The van der Waals surface area contributed by atoms with E-state index < -0.39 is 0 Å². The molecule has 1 unspecified atom stereocenters. The van der Waals surface area contributed by atoms with E-state index in [-0.39, 0.29) is 5.92 Å². The molecule has 0 bridgehead atoms. The maximum Gasteiger partial charge on any atom is 0.227 e. The lowest BCUT2D eigenvalue weighted by atomic mass is 9.93. The van der Waals surface area contributed by atoms with Crippen molar-refractivity contribution >= 4 is 5.91 Å². The molecular weight excluding hydrogens is 214 g/mol. The van der Waals surface area contributed by atoms with Gasteiger partial charge in [0.2, 0.25) is 5.91 Å². The van der Waals surface area contributed by atoms with Crippen LogP contribution in [0.3, 0.4) is 0 Å². The van der Waals surface area contributed by atoms with Gasteiger partial charge in [-0.25, -0.2) is 0 Å². The summed E-state index contributed by atoms with van der Waals surface area (Å²) in [6, 6.07) is 0. The van der Waals surface area contributed by atoms with Crippen LogP contribution in [0.25, 0.3) is 0 Å². The second-order valence-electron chi connectivity index (χ2n) is 5.59. The molecule has 0 spiro atoms. The summed E-state index contributed by atoms with van der Waals surface area (Å²) in [5.74, 6) is 1.39. The van der Waals surface area contributed by atoms with Gasteiger partial charge < -0.3 is 15.5 Å². The lowest BCUT2D eigenvalue weighted by molar-refractivity contribution is -0.136. The van der Waals surface area contributed by atoms with Crippen LogP contribution >= 0.6 is 0 Å². The Hall–Kier alpha value is -0.610. The van der Waals surface area contributed by atoms with Gasteiger partial charge in [0, 0.05) is 19.6 Å². The van der Waals surface area contributed by atoms with Crippen LogP contribution in [0.1, 0.15) is 25.7 Å². The number of hydrogen-bond donors (Lipinski definition) is 1. The van der Waals surface area contributed by atoms with Gasteiger partial charge in [-0.2, -0.15) is 0 Å². The monoisotopic (exact) mass is 239 g/mol. The number of amides is 1. The minimum absolute atomic E-state index is 0.256. The van der Waals surface area contributed by atoms with E-state index in [0.29, 0.717) is 5.91 Å². The van der Waals surface area contributed by atoms with Gasteiger partial charge in [0.05, 0.1) is 5.92 Å². The molecule has 2 fully saturated rings. The van der Waals surface area contributed by atoms with Gasteiger partial charge in [0.15, 0.2) is 0 Å². The first-order valence-corrected chi connectivity index (χ1v) is 6.88. The van der Waals surface area contributed by atoms with Gasteiger partial charge in [-0.15, -0.1) is 0 Å². The Labute approximate surface area is 104 Å². The van der Waals surface area contributed by atoms with E-state index in [9.17, 15) is 4.79 Å². The third kappa shape index (κ3) is 3.19. The fraction of sp³-hybridized carbons (Fsp3) is 0.923. The Bertz CT molecular complexity index is 261. The fourth-order valence-corrected chi connectivity index (χ4v) is 3.07. The summed E-state index contributed by atoms with van der Waals surface area (Å²) in [6.07, 6.45) is 4.45. The van der Waals surface area contributed by atoms with Crippen molar-refractivity contribution in [1.82, 2.24) is 9.80 Å². The van der Waals surface area contributed by atoms with Crippen LogP contribution in [-0.2, 0) is 4.79 Å². The van der Waals surface area contributed by atoms with Crippen LogP contribution < -0.4 is 5.73 Å². The highest BCUT2D eigenvalue weighted by Crippen LogP contribution is 2.23. The zero-order chi connectivity index (χ0) is 12.3. The van der Waals surface area contributed by atoms with Crippen LogP contribution in [0, 0.1) is 11.8 Å². The van der Waals surface area contributed by atoms with Gasteiger partial charge in [0.25, 0.3) is 0 Å². The maximum absolute atomic E-state index is 12.3. The molecule has 2 rings (SSSR count). The number of carbonyl (C=O) groups excluding carboxylic acids is 1. The molecule has 0 radical (unpaired) electrons. The molecule has 0 aromatic carbocycles. The lowest BCUT2D eigenvalue weighted by Gasteiger charge is -2.33. The smallest absolute Gasteiger partial charge is 0.227 e. The Balaban J connectivity index is 1.78. The predicted octanol–water partition coefficient (Wildman–Crippen LogP) is 0.526. The zero-order valence-corrected chi connectivity index (χ0v) is 10.9. The van der Waals surface area contributed by atoms with E-state index in [1.165, 1.54) is 0 Å². The summed E-state index contributed by atoms with van der Waals surface area (Å²) in [6.45, 7) is 4.70. The molecule has 1 atom stereocenters. The van der Waals surface area contributed by atoms with Gasteiger partial charge in [-0.1, -0.05) is 0 Å². The first-order valence-electron chi connectivity index (χ1n) is 6.88. The van der Waals surface area contributed by atoms with E-state index in [1.807, 2.05) is 0 Å². The number of nitrogens with zero attached hydrogens (tertiary/aromatic N) is 2. The summed E-state index contributed by atoms with van der Waals surface area (Å²) in [7, 11) is 2.10. The first-order chi connectivity index (χ1) is 8.20. The molecular formula is C13H25N3O. The average molecular weight is 239 g/mol. The molecule has 98 valence electrons. The van der Waals surface area contributed by atoms with Crippen molar-refractivity contribution in [3.63, 3.8) is 0 Å². The Morgan fingerprint density at radius 2 is 1.94 bits per heavy atom. The second kappa shape index (κ2) is 5.83. The molecule has 1 amide bonds. The SMILES string of the molecule is CN1CCC(C(=O)N2CCC(CCN)CC2)C1. The van der Waals surface area contributed by atoms with Gasteiger partial charge in [-0.3, -0.25) is 4.79 Å². The highest BCUT2D eigenvalue weighted by molar-refractivity contribution is 5.79.